The van der Waals surface area contributed by atoms with Gasteiger partial charge in [0.15, 0.2) is 6.61 Å². The van der Waals surface area contributed by atoms with Gasteiger partial charge in [0.25, 0.3) is 11.8 Å². The van der Waals surface area contributed by atoms with Crippen molar-refractivity contribution < 1.29 is 19.1 Å². The van der Waals surface area contributed by atoms with Crippen LogP contribution in [-0.2, 0) is 4.79 Å². The van der Waals surface area contributed by atoms with Gasteiger partial charge in [-0.1, -0.05) is 28.9 Å². The van der Waals surface area contributed by atoms with Crippen molar-refractivity contribution in [2.45, 2.75) is 20.3 Å². The highest BCUT2D eigenvalue weighted by molar-refractivity contribution is 9.10. The Kier molecular flexibility index (Phi) is 7.47. The van der Waals surface area contributed by atoms with Gasteiger partial charge in [-0.25, -0.2) is 0 Å². The van der Waals surface area contributed by atoms with Crippen LogP contribution in [0.3, 0.4) is 0 Å². The number of rotatable bonds is 7. The highest BCUT2D eigenvalue weighted by Gasteiger charge is 2.10. The third-order valence-corrected chi connectivity index (χ3v) is 3.87. The Hall–Kier alpha value is -2.54. The summed E-state index contributed by atoms with van der Waals surface area (Å²) in [5.74, 6) is 0.328. The number of ether oxygens (including phenoxy) is 2. The fourth-order valence-corrected chi connectivity index (χ4v) is 2.58. The Morgan fingerprint density at radius 2 is 1.88 bits per heavy atom. The number of benzene rings is 2. The number of hydrogen-bond acceptors (Lipinski definition) is 4. The molecule has 0 radical (unpaired) electrons. The van der Waals surface area contributed by atoms with E-state index < -0.39 is 11.8 Å². The van der Waals surface area contributed by atoms with Crippen molar-refractivity contribution in [3.05, 3.63) is 58.1 Å². The van der Waals surface area contributed by atoms with Crippen LogP contribution in [0.2, 0.25) is 0 Å². The molecule has 6 nitrogen and oxygen atoms in total. The van der Waals surface area contributed by atoms with E-state index in [4.69, 9.17) is 9.47 Å². The topological polar surface area (TPSA) is 76.7 Å². The van der Waals surface area contributed by atoms with E-state index in [0.29, 0.717) is 23.7 Å². The fourth-order valence-electron chi connectivity index (χ4n) is 2.10. The Morgan fingerprint density at radius 3 is 2.62 bits per heavy atom. The number of carbonyl (C=O) groups excluding carboxylic acids is 2. The first kappa shape index (κ1) is 19.8. The molecule has 2 rings (SSSR count). The maximum absolute atomic E-state index is 12.1. The van der Waals surface area contributed by atoms with Crippen LogP contribution in [0.15, 0.2) is 46.9 Å². The number of hydrazine groups is 1. The van der Waals surface area contributed by atoms with E-state index in [9.17, 15) is 9.59 Å². The molecule has 138 valence electrons. The summed E-state index contributed by atoms with van der Waals surface area (Å²) in [5.41, 5.74) is 5.99. The summed E-state index contributed by atoms with van der Waals surface area (Å²) in [6.07, 6.45) is 0.879. The van der Waals surface area contributed by atoms with Crippen LogP contribution in [0.1, 0.15) is 29.3 Å². The van der Waals surface area contributed by atoms with Gasteiger partial charge in [-0.05, 0) is 55.3 Å². The third kappa shape index (κ3) is 6.07. The highest BCUT2D eigenvalue weighted by atomic mass is 79.9. The summed E-state index contributed by atoms with van der Waals surface area (Å²) >= 11 is 3.37. The quantitative estimate of drug-likeness (QED) is 0.673. The Labute approximate surface area is 161 Å². The van der Waals surface area contributed by atoms with E-state index in [0.717, 1.165) is 16.5 Å². The van der Waals surface area contributed by atoms with Gasteiger partial charge in [-0.3, -0.25) is 20.4 Å². The SMILES string of the molecule is CCCOc1cccc(C(=O)NNC(=O)COc2ccc(Br)cc2C)c1. The molecule has 0 aliphatic carbocycles. The predicted octanol–water partition coefficient (Wildman–Crippen LogP) is 3.39. The Balaban J connectivity index is 1.82. The molecule has 0 fully saturated rings. The molecule has 0 aliphatic rings. The van der Waals surface area contributed by atoms with E-state index in [1.165, 1.54) is 0 Å². The molecule has 2 amide bonds. The van der Waals surface area contributed by atoms with Gasteiger partial charge in [0.1, 0.15) is 11.5 Å². The molecule has 0 unspecified atom stereocenters. The second-order valence-electron chi connectivity index (χ2n) is 5.58. The summed E-state index contributed by atoms with van der Waals surface area (Å²) < 4.78 is 11.9. The number of hydrogen-bond donors (Lipinski definition) is 2. The van der Waals surface area contributed by atoms with Crippen LogP contribution in [0.5, 0.6) is 11.5 Å². The largest absolute Gasteiger partial charge is 0.494 e. The van der Waals surface area contributed by atoms with Crippen molar-refractivity contribution in [2.75, 3.05) is 13.2 Å². The Morgan fingerprint density at radius 1 is 1.08 bits per heavy atom. The van der Waals surface area contributed by atoms with Gasteiger partial charge in [0.2, 0.25) is 0 Å². The van der Waals surface area contributed by atoms with Crippen LogP contribution < -0.4 is 20.3 Å². The normalized spacial score (nSPS) is 10.1. The lowest BCUT2D eigenvalue weighted by atomic mass is 10.2. The molecule has 0 spiro atoms. The van der Waals surface area contributed by atoms with E-state index >= 15 is 0 Å². The molecule has 0 saturated carbocycles. The molecule has 0 aliphatic heterocycles. The number of amides is 2. The second-order valence-corrected chi connectivity index (χ2v) is 6.49. The molecule has 0 atom stereocenters. The molecule has 2 aromatic carbocycles. The molecular formula is C19H21BrN2O4. The first-order chi connectivity index (χ1) is 12.5. The van der Waals surface area contributed by atoms with E-state index in [1.54, 1.807) is 30.3 Å². The minimum absolute atomic E-state index is 0.206. The van der Waals surface area contributed by atoms with Gasteiger partial charge in [0, 0.05) is 10.0 Å². The summed E-state index contributed by atoms with van der Waals surface area (Å²) in [6.45, 7) is 4.26. The van der Waals surface area contributed by atoms with Crippen molar-refractivity contribution in [3.8, 4) is 11.5 Å². The van der Waals surface area contributed by atoms with Crippen molar-refractivity contribution in [1.82, 2.24) is 10.9 Å². The van der Waals surface area contributed by atoms with Gasteiger partial charge in [-0.15, -0.1) is 0 Å². The van der Waals surface area contributed by atoms with Crippen molar-refractivity contribution in [3.63, 3.8) is 0 Å². The summed E-state index contributed by atoms with van der Waals surface area (Å²) in [5, 5.41) is 0. The van der Waals surface area contributed by atoms with Crippen LogP contribution in [-0.4, -0.2) is 25.0 Å². The lowest BCUT2D eigenvalue weighted by Crippen LogP contribution is -2.43. The van der Waals surface area contributed by atoms with Crippen LogP contribution >= 0.6 is 15.9 Å². The molecule has 26 heavy (non-hydrogen) atoms. The Bertz CT molecular complexity index is 780. The lowest BCUT2D eigenvalue weighted by Gasteiger charge is -2.11. The first-order valence-electron chi connectivity index (χ1n) is 8.20. The van der Waals surface area contributed by atoms with Crippen LogP contribution in [0, 0.1) is 6.92 Å². The molecule has 2 N–H and O–H groups in total. The minimum Gasteiger partial charge on any atom is -0.494 e. The predicted molar refractivity (Wildman–Crippen MR) is 102 cm³/mol. The molecule has 0 aromatic heterocycles. The van der Waals surface area contributed by atoms with E-state index in [1.807, 2.05) is 26.0 Å². The zero-order valence-electron chi connectivity index (χ0n) is 14.7. The second kappa shape index (κ2) is 9.82. The van der Waals surface area contributed by atoms with E-state index in [-0.39, 0.29) is 6.61 Å². The number of nitrogens with one attached hydrogen (secondary N) is 2. The fraction of sp³-hybridized carbons (Fsp3) is 0.263. The van der Waals surface area contributed by atoms with Crippen molar-refractivity contribution >= 4 is 27.7 Å². The van der Waals surface area contributed by atoms with Gasteiger partial charge in [-0.2, -0.15) is 0 Å². The molecule has 7 heteroatoms. The van der Waals surface area contributed by atoms with Gasteiger partial charge in [0.05, 0.1) is 6.61 Å². The van der Waals surface area contributed by atoms with Crippen LogP contribution in [0.25, 0.3) is 0 Å². The molecule has 0 bridgehead atoms. The maximum Gasteiger partial charge on any atom is 0.276 e. The summed E-state index contributed by atoms with van der Waals surface area (Å²) in [7, 11) is 0. The zero-order chi connectivity index (χ0) is 18.9. The smallest absolute Gasteiger partial charge is 0.276 e. The summed E-state index contributed by atoms with van der Waals surface area (Å²) in [4.78, 5) is 24.0. The monoisotopic (exact) mass is 420 g/mol. The standard InChI is InChI=1S/C19H21BrN2O4/c1-3-9-25-16-6-4-5-14(11-16)19(24)22-21-18(23)12-26-17-8-7-15(20)10-13(17)2/h4-8,10-11H,3,9,12H2,1-2H3,(H,21,23)(H,22,24). The highest BCUT2D eigenvalue weighted by Crippen LogP contribution is 2.21. The average Bonchev–Trinajstić information content (AvgIpc) is 2.64. The van der Waals surface area contributed by atoms with Crippen LogP contribution in [0.4, 0.5) is 0 Å². The molecular weight excluding hydrogens is 400 g/mol. The van der Waals surface area contributed by atoms with E-state index in [2.05, 4.69) is 26.8 Å². The average molecular weight is 421 g/mol. The van der Waals surface area contributed by atoms with Gasteiger partial charge >= 0.3 is 0 Å². The van der Waals surface area contributed by atoms with Crippen molar-refractivity contribution in [1.29, 1.82) is 0 Å². The summed E-state index contributed by atoms with van der Waals surface area (Å²) in [6, 6.07) is 12.3. The van der Waals surface area contributed by atoms with Gasteiger partial charge < -0.3 is 9.47 Å². The first-order valence-corrected chi connectivity index (χ1v) is 9.00. The minimum atomic E-state index is -0.459. The maximum atomic E-state index is 12.1. The third-order valence-electron chi connectivity index (χ3n) is 3.38. The molecule has 0 saturated heterocycles. The lowest BCUT2D eigenvalue weighted by molar-refractivity contribution is -0.123. The number of carbonyl (C=O) groups is 2. The van der Waals surface area contributed by atoms with Crippen molar-refractivity contribution in [2.24, 2.45) is 0 Å². The number of aryl methyl sites for hydroxylation is 1. The molecule has 0 heterocycles. The number of halogens is 1. The zero-order valence-corrected chi connectivity index (χ0v) is 16.3. The molecule has 2 aromatic rings.